The highest BCUT2D eigenvalue weighted by Crippen LogP contribution is 2.41. The van der Waals surface area contributed by atoms with Crippen molar-refractivity contribution >= 4 is 23.7 Å². The van der Waals surface area contributed by atoms with Gasteiger partial charge in [-0.15, -0.1) is 0 Å². The van der Waals surface area contributed by atoms with Crippen molar-refractivity contribution in [1.82, 2.24) is 14.8 Å². The van der Waals surface area contributed by atoms with Gasteiger partial charge in [-0.2, -0.15) is 25.7 Å². The predicted molar refractivity (Wildman–Crippen MR) is 136 cm³/mol. The Labute approximate surface area is 218 Å². The number of amides is 1. The molecule has 1 aliphatic rings. The van der Waals surface area contributed by atoms with Gasteiger partial charge in [-0.05, 0) is 36.8 Å². The summed E-state index contributed by atoms with van der Waals surface area (Å²) in [5.74, 6) is -2.19. The molecular weight excluding hydrogens is 494 g/mol. The molecular formula is C26H22ClN7O3. The van der Waals surface area contributed by atoms with Gasteiger partial charge in [0.1, 0.15) is 16.9 Å². The summed E-state index contributed by atoms with van der Waals surface area (Å²) < 4.78 is 12.2. The van der Waals surface area contributed by atoms with E-state index in [2.05, 4.69) is 16.3 Å². The van der Waals surface area contributed by atoms with E-state index in [0.717, 1.165) is 10.7 Å². The van der Waals surface area contributed by atoms with E-state index in [1.165, 1.54) is 20.4 Å². The summed E-state index contributed by atoms with van der Waals surface area (Å²) in [7, 11) is 2.96. The van der Waals surface area contributed by atoms with Gasteiger partial charge in [0.15, 0.2) is 11.5 Å². The Kier molecular flexibility index (Phi) is 7.14. The molecule has 11 heteroatoms. The van der Waals surface area contributed by atoms with Crippen LogP contribution in [0, 0.1) is 35.5 Å². The second-order valence-electron chi connectivity index (χ2n) is 8.04. The van der Waals surface area contributed by atoms with Crippen molar-refractivity contribution in [1.29, 1.82) is 10.5 Å². The van der Waals surface area contributed by atoms with Crippen LogP contribution in [0.2, 0.25) is 5.15 Å². The van der Waals surface area contributed by atoms with Crippen LogP contribution in [0.5, 0.6) is 11.5 Å². The number of rotatable bonds is 6. The van der Waals surface area contributed by atoms with Crippen LogP contribution >= 0.6 is 11.6 Å². The van der Waals surface area contributed by atoms with E-state index in [1.54, 1.807) is 29.8 Å². The van der Waals surface area contributed by atoms with Crippen molar-refractivity contribution in [3.05, 3.63) is 81.9 Å². The van der Waals surface area contributed by atoms with E-state index in [1.807, 2.05) is 36.4 Å². The molecule has 2 atom stereocenters. The van der Waals surface area contributed by atoms with Gasteiger partial charge in [-0.3, -0.25) is 4.79 Å². The Hall–Kier alpha value is -4.80. The van der Waals surface area contributed by atoms with E-state index in [9.17, 15) is 15.3 Å². The number of hydrogen-bond donors (Lipinski definition) is 1. The molecule has 37 heavy (non-hydrogen) atoms. The normalized spacial score (nSPS) is 17.6. The predicted octanol–water partition coefficient (Wildman–Crippen LogP) is 3.64. The zero-order valence-electron chi connectivity index (χ0n) is 20.2. The quantitative estimate of drug-likeness (QED) is 0.493. The van der Waals surface area contributed by atoms with Gasteiger partial charge in [-0.1, -0.05) is 35.9 Å². The van der Waals surface area contributed by atoms with Gasteiger partial charge in [0.25, 0.3) is 5.91 Å². The molecule has 1 amide bonds. The van der Waals surface area contributed by atoms with Gasteiger partial charge in [0.2, 0.25) is 0 Å². The lowest BCUT2D eigenvalue weighted by Crippen LogP contribution is -2.43. The van der Waals surface area contributed by atoms with Crippen molar-refractivity contribution < 1.29 is 14.3 Å². The van der Waals surface area contributed by atoms with E-state index in [4.69, 9.17) is 26.8 Å². The Morgan fingerprint density at radius 2 is 1.84 bits per heavy atom. The third-order valence-electron chi connectivity index (χ3n) is 6.00. The first kappa shape index (κ1) is 25.3. The molecule has 10 nitrogen and oxygen atoms in total. The van der Waals surface area contributed by atoms with E-state index in [0.29, 0.717) is 28.3 Å². The maximum absolute atomic E-state index is 13.4. The Morgan fingerprint density at radius 1 is 1.14 bits per heavy atom. The highest BCUT2D eigenvalue weighted by atomic mass is 35.5. The number of allylic oxidation sites excluding steroid dienone is 1. The van der Waals surface area contributed by atoms with Gasteiger partial charge in [-0.25, -0.2) is 4.68 Å². The van der Waals surface area contributed by atoms with Crippen molar-refractivity contribution in [2.24, 2.45) is 16.8 Å². The lowest BCUT2D eigenvalue weighted by Gasteiger charge is -2.32. The molecule has 0 saturated carbocycles. The highest BCUT2D eigenvalue weighted by molar-refractivity contribution is 6.32. The van der Waals surface area contributed by atoms with Crippen molar-refractivity contribution in [3.63, 3.8) is 0 Å². The van der Waals surface area contributed by atoms with Crippen LogP contribution in [0.4, 0.5) is 0 Å². The first-order valence-corrected chi connectivity index (χ1v) is 11.4. The van der Waals surface area contributed by atoms with Gasteiger partial charge in [0, 0.05) is 5.92 Å². The van der Waals surface area contributed by atoms with Crippen LogP contribution in [0.1, 0.15) is 22.7 Å². The van der Waals surface area contributed by atoms with Crippen LogP contribution in [0.3, 0.4) is 0 Å². The van der Waals surface area contributed by atoms with Gasteiger partial charge in [0.05, 0.1) is 55.1 Å². The number of aromatic nitrogens is 2. The molecule has 4 rings (SSSR count). The molecule has 2 heterocycles. The number of nitrogens with zero attached hydrogens (tertiary/aromatic N) is 6. The number of halogens is 1. The van der Waals surface area contributed by atoms with Crippen LogP contribution < -0.4 is 15.2 Å². The number of carbonyl (C=O) groups is 1. The first-order valence-electron chi connectivity index (χ1n) is 11.1. The molecule has 0 saturated heterocycles. The number of methoxy groups -OCH3 is 2. The average Bonchev–Trinajstić information content (AvgIpc) is 3.21. The number of carbonyl (C=O) groups excluding carboxylic acids is 1. The summed E-state index contributed by atoms with van der Waals surface area (Å²) in [6.07, 6.45) is 1.34. The number of nitriles is 2. The molecule has 3 aromatic rings. The first-order chi connectivity index (χ1) is 17.9. The summed E-state index contributed by atoms with van der Waals surface area (Å²) in [6.45, 7) is 1.75. The molecule has 2 unspecified atom stereocenters. The van der Waals surface area contributed by atoms with Crippen molar-refractivity contribution in [2.75, 3.05) is 14.2 Å². The Balaban J connectivity index is 1.76. The summed E-state index contributed by atoms with van der Waals surface area (Å²) >= 11 is 6.56. The fourth-order valence-electron chi connectivity index (χ4n) is 4.13. The van der Waals surface area contributed by atoms with Gasteiger partial charge >= 0.3 is 0 Å². The Bertz CT molecular complexity index is 1500. The molecule has 1 aromatic heterocycles. The second kappa shape index (κ2) is 10.4. The number of aryl methyl sites for hydroxylation is 1. The molecule has 0 fully saturated rings. The standard InChI is InChI=1S/C26H22ClN7O3/c1-15-20(24(27)33(32-15)17-7-5-4-6-8-17)14-31-34-25(30)18(12-28)23(19(13-29)26(34)35)16-9-10-21(36-2)22(11-16)37-3/h4-11,14,19,23H,30H2,1-3H3. The molecule has 0 bridgehead atoms. The lowest BCUT2D eigenvalue weighted by atomic mass is 9.78. The van der Waals surface area contributed by atoms with Crippen LogP contribution in [0.25, 0.3) is 5.69 Å². The van der Waals surface area contributed by atoms with Crippen LogP contribution in [-0.4, -0.2) is 41.1 Å². The number of nitrogens with two attached hydrogens (primary N) is 1. The number of hydrazone groups is 1. The second-order valence-corrected chi connectivity index (χ2v) is 8.40. The molecule has 186 valence electrons. The average molecular weight is 516 g/mol. The largest absolute Gasteiger partial charge is 0.493 e. The summed E-state index contributed by atoms with van der Waals surface area (Å²) in [5, 5.41) is 29.7. The van der Waals surface area contributed by atoms with E-state index in [-0.39, 0.29) is 16.5 Å². The summed E-state index contributed by atoms with van der Waals surface area (Å²) in [6, 6.07) is 18.3. The maximum atomic E-state index is 13.4. The van der Waals surface area contributed by atoms with Gasteiger partial charge < -0.3 is 15.2 Å². The zero-order valence-corrected chi connectivity index (χ0v) is 21.0. The fraction of sp³-hybridized carbons (Fsp3) is 0.192. The van der Waals surface area contributed by atoms with Crippen molar-refractivity contribution in [3.8, 4) is 29.3 Å². The molecule has 0 spiro atoms. The van der Waals surface area contributed by atoms with E-state index >= 15 is 0 Å². The molecule has 0 radical (unpaired) electrons. The SMILES string of the molecule is COc1ccc(C2C(C#N)=C(N)N(N=Cc3c(C)nn(-c4ccccc4)c3Cl)C(=O)C2C#N)cc1OC. The number of para-hydroxylation sites is 1. The fourth-order valence-corrected chi connectivity index (χ4v) is 4.45. The van der Waals surface area contributed by atoms with Crippen LogP contribution in [-0.2, 0) is 4.79 Å². The number of ether oxygens (including phenoxy) is 2. The molecule has 0 aliphatic carbocycles. The molecule has 1 aliphatic heterocycles. The third kappa shape index (κ3) is 4.46. The monoisotopic (exact) mass is 515 g/mol. The minimum Gasteiger partial charge on any atom is -0.493 e. The molecule has 2 aromatic carbocycles. The number of benzene rings is 2. The zero-order chi connectivity index (χ0) is 26.7. The summed E-state index contributed by atoms with van der Waals surface area (Å²) in [5.41, 5.74) is 8.56. The van der Waals surface area contributed by atoms with Crippen molar-refractivity contribution in [2.45, 2.75) is 12.8 Å². The maximum Gasteiger partial charge on any atom is 0.267 e. The molecule has 2 N–H and O–H groups in total. The third-order valence-corrected chi connectivity index (χ3v) is 6.36. The minimum absolute atomic E-state index is 0.0262. The van der Waals surface area contributed by atoms with Crippen LogP contribution in [0.15, 0.2) is 65.0 Å². The Morgan fingerprint density at radius 3 is 2.46 bits per heavy atom. The lowest BCUT2D eigenvalue weighted by molar-refractivity contribution is -0.133. The van der Waals surface area contributed by atoms with E-state index < -0.39 is 17.7 Å². The smallest absolute Gasteiger partial charge is 0.267 e. The highest BCUT2D eigenvalue weighted by Gasteiger charge is 2.43. The minimum atomic E-state index is -1.26. The summed E-state index contributed by atoms with van der Waals surface area (Å²) in [4.78, 5) is 13.4. The number of hydrogen-bond acceptors (Lipinski definition) is 8. The topological polar surface area (TPSA) is 143 Å².